The van der Waals surface area contributed by atoms with Gasteiger partial charge in [0.05, 0.1) is 6.61 Å². The highest BCUT2D eigenvalue weighted by atomic mass is 16.5. The summed E-state index contributed by atoms with van der Waals surface area (Å²) in [6, 6.07) is 10.8. The third kappa shape index (κ3) is 5.50. The number of ether oxygens (including phenoxy) is 1. The molecule has 1 heterocycles. The predicted molar refractivity (Wildman–Crippen MR) is 85.3 cm³/mol. The summed E-state index contributed by atoms with van der Waals surface area (Å²) in [6.07, 6.45) is 5.09. The molecule has 0 spiro atoms. The molecule has 3 nitrogen and oxygen atoms in total. The number of rotatable bonds is 8. The molecule has 1 aliphatic heterocycles. The van der Waals surface area contributed by atoms with Gasteiger partial charge in [-0.15, -0.1) is 0 Å². The topological polar surface area (TPSA) is 29.5 Å². The summed E-state index contributed by atoms with van der Waals surface area (Å²) in [5.41, 5.74) is 1.47. The molecular formula is C18H27NO2. The van der Waals surface area contributed by atoms with E-state index in [1.54, 1.807) is 0 Å². The molecule has 116 valence electrons. The van der Waals surface area contributed by atoms with E-state index in [1.165, 1.54) is 31.5 Å². The summed E-state index contributed by atoms with van der Waals surface area (Å²) in [5, 5.41) is 0. The molecule has 21 heavy (non-hydrogen) atoms. The van der Waals surface area contributed by atoms with Gasteiger partial charge in [-0.1, -0.05) is 36.8 Å². The SMILES string of the molecule is CCOC(=O)CCCCCN1CCC(c2ccccc2)C1. The first-order valence-corrected chi connectivity index (χ1v) is 8.22. The molecule has 1 atom stereocenters. The Morgan fingerprint density at radius 3 is 2.81 bits per heavy atom. The molecule has 1 unspecified atom stereocenters. The number of carbonyl (C=O) groups excluding carboxylic acids is 1. The van der Waals surface area contributed by atoms with Crippen LogP contribution in [0.4, 0.5) is 0 Å². The standard InChI is InChI=1S/C18H27NO2/c1-2-21-18(20)11-7-4-8-13-19-14-12-17(15-19)16-9-5-3-6-10-16/h3,5-6,9-10,17H,2,4,7-8,11-15H2,1H3. The van der Waals surface area contributed by atoms with Crippen molar-refractivity contribution in [2.24, 2.45) is 0 Å². The number of carbonyl (C=O) groups is 1. The monoisotopic (exact) mass is 289 g/mol. The van der Waals surface area contributed by atoms with Crippen LogP contribution in [-0.2, 0) is 9.53 Å². The van der Waals surface area contributed by atoms with E-state index in [0.29, 0.717) is 18.9 Å². The van der Waals surface area contributed by atoms with Crippen molar-refractivity contribution in [3.05, 3.63) is 35.9 Å². The van der Waals surface area contributed by atoms with Gasteiger partial charge in [-0.05, 0) is 50.8 Å². The maximum Gasteiger partial charge on any atom is 0.305 e. The van der Waals surface area contributed by atoms with Crippen molar-refractivity contribution in [2.45, 2.75) is 44.9 Å². The van der Waals surface area contributed by atoms with Crippen LogP contribution in [0.25, 0.3) is 0 Å². The Bertz CT molecular complexity index is 418. The number of nitrogens with zero attached hydrogens (tertiary/aromatic N) is 1. The van der Waals surface area contributed by atoms with Crippen LogP contribution in [0, 0.1) is 0 Å². The Labute approximate surface area is 128 Å². The normalized spacial score (nSPS) is 18.8. The van der Waals surface area contributed by atoms with Crippen LogP contribution in [-0.4, -0.2) is 37.1 Å². The lowest BCUT2D eigenvalue weighted by Gasteiger charge is -2.16. The average molecular weight is 289 g/mol. The minimum Gasteiger partial charge on any atom is -0.466 e. The van der Waals surface area contributed by atoms with E-state index < -0.39 is 0 Å². The largest absolute Gasteiger partial charge is 0.466 e. The number of benzene rings is 1. The van der Waals surface area contributed by atoms with E-state index in [-0.39, 0.29) is 5.97 Å². The first-order chi connectivity index (χ1) is 10.3. The Hall–Kier alpha value is -1.35. The second-order valence-electron chi connectivity index (χ2n) is 5.81. The zero-order valence-corrected chi connectivity index (χ0v) is 13.1. The maximum atomic E-state index is 11.2. The van der Waals surface area contributed by atoms with Crippen molar-refractivity contribution in [3.63, 3.8) is 0 Å². The van der Waals surface area contributed by atoms with Crippen molar-refractivity contribution in [2.75, 3.05) is 26.2 Å². The number of likely N-dealkylation sites (tertiary alicyclic amines) is 1. The Morgan fingerprint density at radius 1 is 1.24 bits per heavy atom. The first kappa shape index (κ1) is 16.0. The molecule has 0 N–H and O–H groups in total. The van der Waals surface area contributed by atoms with Gasteiger partial charge in [0.2, 0.25) is 0 Å². The van der Waals surface area contributed by atoms with E-state index in [2.05, 4.69) is 35.2 Å². The van der Waals surface area contributed by atoms with E-state index in [1.807, 2.05) is 6.92 Å². The molecule has 1 saturated heterocycles. The molecule has 0 aromatic heterocycles. The zero-order chi connectivity index (χ0) is 14.9. The Morgan fingerprint density at radius 2 is 2.05 bits per heavy atom. The van der Waals surface area contributed by atoms with Gasteiger partial charge in [0.25, 0.3) is 0 Å². The summed E-state index contributed by atoms with van der Waals surface area (Å²) in [5.74, 6) is 0.647. The maximum absolute atomic E-state index is 11.2. The van der Waals surface area contributed by atoms with Crippen LogP contribution in [0.3, 0.4) is 0 Å². The lowest BCUT2D eigenvalue weighted by Crippen LogP contribution is -2.21. The lowest BCUT2D eigenvalue weighted by atomic mass is 9.99. The van der Waals surface area contributed by atoms with E-state index in [0.717, 1.165) is 19.4 Å². The number of hydrogen-bond acceptors (Lipinski definition) is 3. The van der Waals surface area contributed by atoms with Gasteiger partial charge >= 0.3 is 5.97 Å². The van der Waals surface area contributed by atoms with Crippen LogP contribution in [0.5, 0.6) is 0 Å². The van der Waals surface area contributed by atoms with Crippen LogP contribution in [0.15, 0.2) is 30.3 Å². The van der Waals surface area contributed by atoms with Crippen LogP contribution < -0.4 is 0 Å². The second-order valence-corrected chi connectivity index (χ2v) is 5.81. The molecule has 1 aromatic rings. The number of unbranched alkanes of at least 4 members (excludes halogenated alkanes) is 2. The molecule has 0 bridgehead atoms. The summed E-state index contributed by atoms with van der Waals surface area (Å²) in [7, 11) is 0. The zero-order valence-electron chi connectivity index (χ0n) is 13.1. The molecule has 1 fully saturated rings. The minimum atomic E-state index is -0.0529. The van der Waals surface area contributed by atoms with E-state index in [4.69, 9.17) is 4.74 Å². The number of hydrogen-bond donors (Lipinski definition) is 0. The molecule has 0 saturated carbocycles. The second kappa shape index (κ2) is 8.83. The Kier molecular flexibility index (Phi) is 6.74. The average Bonchev–Trinajstić information content (AvgIpc) is 2.97. The predicted octanol–water partition coefficient (Wildman–Crippen LogP) is 3.60. The molecule has 3 heteroatoms. The van der Waals surface area contributed by atoms with Gasteiger partial charge in [0, 0.05) is 13.0 Å². The quantitative estimate of drug-likeness (QED) is 0.541. The number of esters is 1. The fraction of sp³-hybridized carbons (Fsp3) is 0.611. The molecule has 2 rings (SSSR count). The summed E-state index contributed by atoms with van der Waals surface area (Å²) in [6.45, 7) is 5.90. The summed E-state index contributed by atoms with van der Waals surface area (Å²) in [4.78, 5) is 13.8. The van der Waals surface area contributed by atoms with Gasteiger partial charge in [0.1, 0.15) is 0 Å². The molecule has 0 radical (unpaired) electrons. The summed E-state index contributed by atoms with van der Waals surface area (Å²) < 4.78 is 4.94. The smallest absolute Gasteiger partial charge is 0.305 e. The van der Waals surface area contributed by atoms with Crippen molar-refractivity contribution < 1.29 is 9.53 Å². The van der Waals surface area contributed by atoms with Gasteiger partial charge in [-0.3, -0.25) is 4.79 Å². The highest BCUT2D eigenvalue weighted by Crippen LogP contribution is 2.26. The third-order valence-electron chi connectivity index (χ3n) is 4.20. The van der Waals surface area contributed by atoms with E-state index >= 15 is 0 Å². The van der Waals surface area contributed by atoms with Crippen LogP contribution in [0.1, 0.15) is 50.5 Å². The minimum absolute atomic E-state index is 0.0529. The molecule has 1 aliphatic rings. The first-order valence-electron chi connectivity index (χ1n) is 8.22. The highest BCUT2D eigenvalue weighted by Gasteiger charge is 2.22. The Balaban J connectivity index is 1.58. The molecule has 0 aliphatic carbocycles. The van der Waals surface area contributed by atoms with Gasteiger partial charge in [-0.2, -0.15) is 0 Å². The van der Waals surface area contributed by atoms with Crippen LogP contribution in [0.2, 0.25) is 0 Å². The van der Waals surface area contributed by atoms with Gasteiger partial charge in [-0.25, -0.2) is 0 Å². The van der Waals surface area contributed by atoms with Crippen molar-refractivity contribution >= 4 is 5.97 Å². The van der Waals surface area contributed by atoms with Crippen molar-refractivity contribution in [1.29, 1.82) is 0 Å². The molecular weight excluding hydrogens is 262 g/mol. The van der Waals surface area contributed by atoms with Crippen molar-refractivity contribution in [1.82, 2.24) is 4.90 Å². The third-order valence-corrected chi connectivity index (χ3v) is 4.20. The highest BCUT2D eigenvalue weighted by molar-refractivity contribution is 5.69. The summed E-state index contributed by atoms with van der Waals surface area (Å²) >= 11 is 0. The lowest BCUT2D eigenvalue weighted by molar-refractivity contribution is -0.143. The fourth-order valence-electron chi connectivity index (χ4n) is 3.05. The van der Waals surface area contributed by atoms with E-state index in [9.17, 15) is 4.79 Å². The van der Waals surface area contributed by atoms with Crippen LogP contribution >= 0.6 is 0 Å². The van der Waals surface area contributed by atoms with Gasteiger partial charge < -0.3 is 9.64 Å². The molecule has 1 aromatic carbocycles. The van der Waals surface area contributed by atoms with Gasteiger partial charge in [0.15, 0.2) is 0 Å². The molecule has 0 amide bonds. The van der Waals surface area contributed by atoms with Crippen molar-refractivity contribution in [3.8, 4) is 0 Å². The fourth-order valence-corrected chi connectivity index (χ4v) is 3.05.